The number of aryl methyl sites for hydroxylation is 1. The zero-order valence-corrected chi connectivity index (χ0v) is 10.1. The quantitative estimate of drug-likeness (QED) is 0.840. The summed E-state index contributed by atoms with van der Waals surface area (Å²) in [5, 5.41) is 9.78. The number of carboxylic acid groups (broad SMARTS) is 1. The van der Waals surface area contributed by atoms with Gasteiger partial charge in [-0.1, -0.05) is 11.6 Å². The summed E-state index contributed by atoms with van der Waals surface area (Å²) in [5.41, 5.74) is 1.88. The van der Waals surface area contributed by atoms with Crippen LogP contribution in [0.25, 0.3) is 10.9 Å². The monoisotopic (exact) mass is 247 g/mol. The maximum Gasteiger partial charge on any atom is 0.337 e. The van der Waals surface area contributed by atoms with Crippen molar-refractivity contribution in [2.75, 3.05) is 7.11 Å². The van der Waals surface area contributed by atoms with E-state index < -0.39 is 11.9 Å². The molecule has 0 fully saturated rings. The fourth-order valence-electron chi connectivity index (χ4n) is 1.92. The first-order chi connectivity index (χ1) is 8.52. The number of ether oxygens (including phenoxy) is 1. The number of fused-ring (bicyclic) bond motifs is 1. The lowest BCUT2D eigenvalue weighted by Crippen LogP contribution is -2.10. The molecule has 0 amide bonds. The summed E-state index contributed by atoms with van der Waals surface area (Å²) < 4.78 is 6.18. The van der Waals surface area contributed by atoms with Gasteiger partial charge in [0, 0.05) is 17.1 Å². The number of benzene rings is 1. The average Bonchev–Trinajstić information content (AvgIpc) is 2.67. The summed E-state index contributed by atoms with van der Waals surface area (Å²) in [6.45, 7) is 1.89. The van der Waals surface area contributed by atoms with Crippen molar-refractivity contribution in [3.05, 3.63) is 35.5 Å². The molecule has 0 unspecified atom stereocenters. The molecule has 1 N–H and O–H groups in total. The summed E-state index contributed by atoms with van der Waals surface area (Å²) in [6, 6.07) is 5.48. The highest BCUT2D eigenvalue weighted by Crippen LogP contribution is 2.23. The molecule has 1 heterocycles. The summed E-state index contributed by atoms with van der Waals surface area (Å²) >= 11 is 0. The van der Waals surface area contributed by atoms with Crippen LogP contribution in [-0.4, -0.2) is 28.7 Å². The maximum atomic E-state index is 11.3. The van der Waals surface area contributed by atoms with E-state index in [1.54, 1.807) is 16.7 Å². The Balaban J connectivity index is 2.61. The van der Waals surface area contributed by atoms with Gasteiger partial charge in [0.1, 0.15) is 6.54 Å². The predicted octanol–water partition coefficient (Wildman–Crippen LogP) is 1.82. The van der Waals surface area contributed by atoms with E-state index in [2.05, 4.69) is 4.74 Å². The number of aromatic carboxylic acids is 1. The largest absolute Gasteiger partial charge is 0.478 e. The van der Waals surface area contributed by atoms with Gasteiger partial charge in [0.15, 0.2) is 0 Å². The molecule has 5 heteroatoms. The zero-order valence-electron chi connectivity index (χ0n) is 10.1. The second-order valence-electron chi connectivity index (χ2n) is 4.07. The second kappa shape index (κ2) is 4.52. The van der Waals surface area contributed by atoms with Crippen LogP contribution in [0.4, 0.5) is 0 Å². The third-order valence-corrected chi connectivity index (χ3v) is 2.79. The third kappa shape index (κ3) is 2.07. The second-order valence-corrected chi connectivity index (χ2v) is 4.07. The number of carboxylic acids is 1. The number of nitrogens with zero attached hydrogens (tertiary/aromatic N) is 1. The van der Waals surface area contributed by atoms with E-state index in [0.717, 1.165) is 5.56 Å². The number of esters is 1. The number of hydrogen-bond acceptors (Lipinski definition) is 3. The molecule has 0 saturated carbocycles. The number of carbonyl (C=O) groups excluding carboxylic acids is 1. The Bertz CT molecular complexity index is 627. The summed E-state index contributed by atoms with van der Waals surface area (Å²) in [6.07, 6.45) is 1.46. The Morgan fingerprint density at radius 2 is 2.11 bits per heavy atom. The minimum atomic E-state index is -1.01. The van der Waals surface area contributed by atoms with Crippen molar-refractivity contribution in [3.8, 4) is 0 Å². The lowest BCUT2D eigenvalue weighted by Gasteiger charge is -2.03. The number of hydrogen-bond donors (Lipinski definition) is 1. The van der Waals surface area contributed by atoms with Crippen LogP contribution in [0.3, 0.4) is 0 Å². The van der Waals surface area contributed by atoms with Crippen LogP contribution in [-0.2, 0) is 16.1 Å². The maximum absolute atomic E-state index is 11.3. The van der Waals surface area contributed by atoms with Gasteiger partial charge in [0.2, 0.25) is 0 Å². The van der Waals surface area contributed by atoms with Gasteiger partial charge in [-0.25, -0.2) is 4.79 Å². The van der Waals surface area contributed by atoms with E-state index in [1.165, 1.54) is 13.3 Å². The molecule has 94 valence electrons. The number of rotatable bonds is 3. The van der Waals surface area contributed by atoms with Gasteiger partial charge in [0.05, 0.1) is 12.7 Å². The van der Waals surface area contributed by atoms with Crippen molar-refractivity contribution in [2.24, 2.45) is 0 Å². The van der Waals surface area contributed by atoms with Crippen LogP contribution in [0.2, 0.25) is 0 Å². The number of carbonyl (C=O) groups is 2. The Hall–Kier alpha value is -2.30. The summed E-state index contributed by atoms with van der Waals surface area (Å²) in [7, 11) is 1.30. The lowest BCUT2D eigenvalue weighted by atomic mass is 10.1. The van der Waals surface area contributed by atoms with Crippen molar-refractivity contribution in [1.29, 1.82) is 0 Å². The summed E-state index contributed by atoms with van der Waals surface area (Å²) in [4.78, 5) is 22.4. The van der Waals surface area contributed by atoms with Gasteiger partial charge >= 0.3 is 11.9 Å². The van der Waals surface area contributed by atoms with Crippen molar-refractivity contribution in [1.82, 2.24) is 4.57 Å². The highest BCUT2D eigenvalue weighted by Gasteiger charge is 2.15. The van der Waals surface area contributed by atoms with Gasteiger partial charge in [-0.2, -0.15) is 0 Å². The van der Waals surface area contributed by atoms with E-state index in [1.807, 2.05) is 13.0 Å². The molecule has 18 heavy (non-hydrogen) atoms. The Labute approximate surface area is 104 Å². The van der Waals surface area contributed by atoms with E-state index in [0.29, 0.717) is 10.9 Å². The van der Waals surface area contributed by atoms with Crippen molar-refractivity contribution < 1.29 is 19.4 Å². The molecule has 0 bridgehead atoms. The van der Waals surface area contributed by atoms with E-state index in [9.17, 15) is 9.59 Å². The van der Waals surface area contributed by atoms with Crippen LogP contribution in [0.5, 0.6) is 0 Å². The number of methoxy groups -OCH3 is 1. The SMILES string of the molecule is COC(=O)Cn1cc(C(=O)O)c2cc(C)ccc21. The highest BCUT2D eigenvalue weighted by molar-refractivity contribution is 6.03. The van der Waals surface area contributed by atoms with Crippen LogP contribution < -0.4 is 0 Å². The molecule has 5 nitrogen and oxygen atoms in total. The first kappa shape index (κ1) is 12.2. The minimum Gasteiger partial charge on any atom is -0.478 e. The smallest absolute Gasteiger partial charge is 0.337 e. The summed E-state index contributed by atoms with van der Waals surface area (Å²) in [5.74, 6) is -1.42. The molecular formula is C13H13NO4. The molecule has 0 saturated heterocycles. The molecule has 0 aliphatic heterocycles. The van der Waals surface area contributed by atoms with Crippen LogP contribution in [0, 0.1) is 6.92 Å². The molecule has 2 rings (SSSR count). The average molecular weight is 247 g/mol. The first-order valence-corrected chi connectivity index (χ1v) is 5.42. The fourth-order valence-corrected chi connectivity index (χ4v) is 1.92. The van der Waals surface area contributed by atoms with Gasteiger partial charge in [-0.05, 0) is 19.1 Å². The highest BCUT2D eigenvalue weighted by atomic mass is 16.5. The molecule has 0 atom stereocenters. The topological polar surface area (TPSA) is 68.5 Å². The van der Waals surface area contributed by atoms with Crippen molar-refractivity contribution >= 4 is 22.8 Å². The van der Waals surface area contributed by atoms with Crippen LogP contribution in [0.1, 0.15) is 15.9 Å². The first-order valence-electron chi connectivity index (χ1n) is 5.42. The van der Waals surface area contributed by atoms with Gasteiger partial charge in [-0.15, -0.1) is 0 Å². The molecule has 0 aliphatic carbocycles. The third-order valence-electron chi connectivity index (χ3n) is 2.79. The zero-order chi connectivity index (χ0) is 13.3. The van der Waals surface area contributed by atoms with Gasteiger partial charge in [-0.3, -0.25) is 4.79 Å². The van der Waals surface area contributed by atoms with E-state index in [4.69, 9.17) is 5.11 Å². The van der Waals surface area contributed by atoms with E-state index in [-0.39, 0.29) is 12.1 Å². The minimum absolute atomic E-state index is 0.00331. The fraction of sp³-hybridized carbons (Fsp3) is 0.231. The van der Waals surface area contributed by atoms with Crippen molar-refractivity contribution in [3.63, 3.8) is 0 Å². The Morgan fingerprint density at radius 3 is 2.72 bits per heavy atom. The molecule has 1 aromatic carbocycles. The van der Waals surface area contributed by atoms with Gasteiger partial charge in [0.25, 0.3) is 0 Å². The molecule has 0 spiro atoms. The normalized spacial score (nSPS) is 10.6. The predicted molar refractivity (Wildman–Crippen MR) is 65.7 cm³/mol. The van der Waals surface area contributed by atoms with Crippen LogP contribution >= 0.6 is 0 Å². The Kier molecular flexibility index (Phi) is 3.06. The molecule has 2 aromatic rings. The van der Waals surface area contributed by atoms with Crippen LogP contribution in [0.15, 0.2) is 24.4 Å². The van der Waals surface area contributed by atoms with Gasteiger partial charge < -0.3 is 14.4 Å². The lowest BCUT2D eigenvalue weighted by molar-refractivity contribution is -0.141. The molecular weight excluding hydrogens is 234 g/mol. The Morgan fingerprint density at radius 1 is 1.39 bits per heavy atom. The van der Waals surface area contributed by atoms with Crippen molar-refractivity contribution in [2.45, 2.75) is 13.5 Å². The molecule has 0 aliphatic rings. The number of aromatic nitrogens is 1. The molecule has 1 aromatic heterocycles. The standard InChI is InChI=1S/C13H13NO4/c1-8-3-4-11-9(5-8)10(13(16)17)6-14(11)7-12(15)18-2/h3-6H,7H2,1-2H3,(H,16,17). The van der Waals surface area contributed by atoms with E-state index >= 15 is 0 Å². The molecule has 0 radical (unpaired) electrons.